The topological polar surface area (TPSA) is 55.6 Å². The minimum absolute atomic E-state index is 0.406. The van der Waals surface area contributed by atoms with Crippen LogP contribution >= 0.6 is 0 Å². The van der Waals surface area contributed by atoms with Crippen molar-refractivity contribution >= 4 is 5.91 Å². The van der Waals surface area contributed by atoms with E-state index >= 15 is 0 Å². The molecule has 0 aliphatic carbocycles. The van der Waals surface area contributed by atoms with E-state index in [2.05, 4.69) is 0 Å². The summed E-state index contributed by atoms with van der Waals surface area (Å²) in [5, 5.41) is 0. The molecular formula is C7H12N2O2. The minimum Gasteiger partial charge on any atom is -0.378 e. The van der Waals surface area contributed by atoms with Crippen molar-refractivity contribution in [1.82, 2.24) is 4.90 Å². The molecule has 1 aliphatic heterocycles. The molecule has 62 valence electrons. The number of amides is 1. The molecule has 4 heteroatoms. The Labute approximate surface area is 65.6 Å². The molecule has 0 aromatic rings. The van der Waals surface area contributed by atoms with Gasteiger partial charge < -0.3 is 15.4 Å². The average Bonchev–Trinajstić information content (AvgIpc) is 2.03. The highest BCUT2D eigenvalue weighted by Crippen LogP contribution is 1.96. The molecule has 0 unspecified atom stereocenters. The molecule has 2 N–H and O–H groups in total. The first-order valence-corrected chi connectivity index (χ1v) is 3.58. The molecule has 0 aromatic carbocycles. The van der Waals surface area contributed by atoms with Crippen LogP contribution in [0.2, 0.25) is 0 Å². The van der Waals surface area contributed by atoms with Gasteiger partial charge in [0.25, 0.3) is 0 Å². The predicted octanol–water partition coefficient (Wildman–Crippen LogP) is -0.682. The molecule has 1 aliphatic rings. The first-order chi connectivity index (χ1) is 5.29. The summed E-state index contributed by atoms with van der Waals surface area (Å²) < 4.78 is 5.11. The third-order valence-corrected chi connectivity index (χ3v) is 1.50. The Hall–Kier alpha value is -1.03. The maximum atomic E-state index is 10.3. The van der Waals surface area contributed by atoms with E-state index in [-0.39, 0.29) is 0 Å². The summed E-state index contributed by atoms with van der Waals surface area (Å²) in [6, 6.07) is 0. The number of carbonyl (C=O) groups is 1. The Morgan fingerprint density at radius 3 is 2.64 bits per heavy atom. The largest absolute Gasteiger partial charge is 0.378 e. The van der Waals surface area contributed by atoms with Crippen molar-refractivity contribution < 1.29 is 9.53 Å². The molecule has 1 heterocycles. The number of rotatable bonds is 2. The minimum atomic E-state index is -0.406. The Kier molecular flexibility index (Phi) is 2.92. The highest BCUT2D eigenvalue weighted by molar-refractivity contribution is 5.85. The molecule has 11 heavy (non-hydrogen) atoms. The van der Waals surface area contributed by atoms with Gasteiger partial charge in [-0.1, -0.05) is 0 Å². The molecule has 1 fully saturated rings. The van der Waals surface area contributed by atoms with Gasteiger partial charge in [-0.25, -0.2) is 0 Å². The molecule has 0 atom stereocenters. The van der Waals surface area contributed by atoms with Crippen LogP contribution in [-0.4, -0.2) is 37.1 Å². The molecule has 0 radical (unpaired) electrons. The second-order valence-electron chi connectivity index (χ2n) is 2.37. The van der Waals surface area contributed by atoms with E-state index in [0.717, 1.165) is 26.3 Å². The van der Waals surface area contributed by atoms with Crippen molar-refractivity contribution in [3.8, 4) is 0 Å². The van der Waals surface area contributed by atoms with E-state index in [4.69, 9.17) is 10.5 Å². The predicted molar refractivity (Wildman–Crippen MR) is 40.7 cm³/mol. The van der Waals surface area contributed by atoms with Crippen molar-refractivity contribution in [2.75, 3.05) is 26.3 Å². The summed E-state index contributed by atoms with van der Waals surface area (Å²) in [5.74, 6) is -0.406. The Balaban J connectivity index is 2.29. The van der Waals surface area contributed by atoms with Crippen molar-refractivity contribution in [2.24, 2.45) is 5.73 Å². The van der Waals surface area contributed by atoms with E-state index in [9.17, 15) is 4.79 Å². The average molecular weight is 156 g/mol. The van der Waals surface area contributed by atoms with Crippen molar-refractivity contribution in [3.63, 3.8) is 0 Å². The van der Waals surface area contributed by atoms with Crippen molar-refractivity contribution in [2.45, 2.75) is 0 Å². The van der Waals surface area contributed by atoms with Gasteiger partial charge >= 0.3 is 0 Å². The number of primary amides is 1. The Morgan fingerprint density at radius 1 is 1.45 bits per heavy atom. The number of hydrogen-bond acceptors (Lipinski definition) is 3. The lowest BCUT2D eigenvalue weighted by molar-refractivity contribution is -0.113. The number of ether oxygens (including phenoxy) is 1. The number of nitrogens with two attached hydrogens (primary N) is 1. The molecule has 0 spiro atoms. The third-order valence-electron chi connectivity index (χ3n) is 1.50. The van der Waals surface area contributed by atoms with Gasteiger partial charge in [0, 0.05) is 25.4 Å². The first kappa shape index (κ1) is 8.07. The van der Waals surface area contributed by atoms with Crippen LogP contribution in [0.1, 0.15) is 0 Å². The second kappa shape index (κ2) is 3.98. The van der Waals surface area contributed by atoms with Crippen molar-refractivity contribution in [1.29, 1.82) is 0 Å². The van der Waals surface area contributed by atoms with Gasteiger partial charge in [-0.15, -0.1) is 0 Å². The van der Waals surface area contributed by atoms with Crippen LogP contribution in [0.3, 0.4) is 0 Å². The van der Waals surface area contributed by atoms with Gasteiger partial charge in [0.1, 0.15) is 0 Å². The van der Waals surface area contributed by atoms with Gasteiger partial charge in [-0.3, -0.25) is 4.79 Å². The normalized spacial score (nSPS) is 19.1. The van der Waals surface area contributed by atoms with Crippen LogP contribution in [0.5, 0.6) is 0 Å². The lowest BCUT2D eigenvalue weighted by atomic mass is 10.4. The molecular weight excluding hydrogens is 144 g/mol. The molecule has 4 nitrogen and oxygen atoms in total. The van der Waals surface area contributed by atoms with E-state index in [1.54, 1.807) is 6.20 Å². The van der Waals surface area contributed by atoms with E-state index in [1.807, 2.05) is 4.90 Å². The Morgan fingerprint density at radius 2 is 2.09 bits per heavy atom. The van der Waals surface area contributed by atoms with Crippen LogP contribution in [-0.2, 0) is 9.53 Å². The van der Waals surface area contributed by atoms with Crippen LogP contribution in [0.4, 0.5) is 0 Å². The molecule has 0 bridgehead atoms. The quantitative estimate of drug-likeness (QED) is 0.539. The number of morpholine rings is 1. The van der Waals surface area contributed by atoms with E-state index in [0.29, 0.717) is 0 Å². The lowest BCUT2D eigenvalue weighted by Crippen LogP contribution is -2.32. The Bertz CT molecular complexity index is 162. The van der Waals surface area contributed by atoms with E-state index < -0.39 is 5.91 Å². The summed E-state index contributed by atoms with van der Waals surface area (Å²) >= 11 is 0. The highest BCUT2D eigenvalue weighted by atomic mass is 16.5. The fraction of sp³-hybridized carbons (Fsp3) is 0.571. The van der Waals surface area contributed by atoms with Gasteiger partial charge in [0.05, 0.1) is 13.2 Å². The fourth-order valence-corrected chi connectivity index (χ4v) is 0.905. The summed E-state index contributed by atoms with van der Waals surface area (Å²) in [7, 11) is 0. The smallest absolute Gasteiger partial charge is 0.242 e. The third kappa shape index (κ3) is 3.04. The number of carbonyl (C=O) groups excluding carboxylic acids is 1. The summed E-state index contributed by atoms with van der Waals surface area (Å²) in [5.41, 5.74) is 4.93. The van der Waals surface area contributed by atoms with E-state index in [1.165, 1.54) is 6.08 Å². The zero-order valence-electron chi connectivity index (χ0n) is 6.32. The standard InChI is InChI=1S/C7H12N2O2/c8-7(10)1-2-9-3-5-11-6-4-9/h1-2H,3-6H2,(H2,8,10). The molecule has 0 aromatic heterocycles. The monoisotopic (exact) mass is 156 g/mol. The molecule has 1 amide bonds. The number of hydrogen-bond donors (Lipinski definition) is 1. The summed E-state index contributed by atoms with van der Waals surface area (Å²) in [6.07, 6.45) is 3.08. The summed E-state index contributed by atoms with van der Waals surface area (Å²) in [4.78, 5) is 12.3. The zero-order valence-corrected chi connectivity index (χ0v) is 6.32. The number of nitrogens with zero attached hydrogens (tertiary/aromatic N) is 1. The second-order valence-corrected chi connectivity index (χ2v) is 2.37. The summed E-state index contributed by atoms with van der Waals surface area (Å²) in [6.45, 7) is 3.12. The highest BCUT2D eigenvalue weighted by Gasteiger charge is 2.04. The van der Waals surface area contributed by atoms with Crippen LogP contribution in [0.25, 0.3) is 0 Å². The fourth-order valence-electron chi connectivity index (χ4n) is 0.905. The SMILES string of the molecule is NC(=O)C=CN1CCOCC1. The molecule has 0 saturated carbocycles. The van der Waals surface area contributed by atoms with Gasteiger partial charge in [0.2, 0.25) is 5.91 Å². The van der Waals surface area contributed by atoms with Gasteiger partial charge in [-0.05, 0) is 0 Å². The van der Waals surface area contributed by atoms with Crippen LogP contribution < -0.4 is 5.73 Å². The van der Waals surface area contributed by atoms with Crippen molar-refractivity contribution in [3.05, 3.63) is 12.3 Å². The lowest BCUT2D eigenvalue weighted by Gasteiger charge is -2.24. The van der Waals surface area contributed by atoms with Crippen LogP contribution in [0.15, 0.2) is 12.3 Å². The van der Waals surface area contributed by atoms with Gasteiger partial charge in [0.15, 0.2) is 0 Å². The molecule has 1 saturated heterocycles. The maximum absolute atomic E-state index is 10.3. The van der Waals surface area contributed by atoms with Crippen LogP contribution in [0, 0.1) is 0 Å². The first-order valence-electron chi connectivity index (χ1n) is 3.58. The maximum Gasteiger partial charge on any atom is 0.242 e. The zero-order chi connectivity index (χ0) is 8.10. The molecule has 1 rings (SSSR count). The van der Waals surface area contributed by atoms with Gasteiger partial charge in [-0.2, -0.15) is 0 Å².